The highest BCUT2D eigenvalue weighted by atomic mass is 16.5. The number of aliphatic hydroxyl groups is 1. The topological polar surface area (TPSA) is 84.3 Å². The molecule has 0 aliphatic rings. The smallest absolute Gasteiger partial charge is 0.330 e. The molecule has 0 aliphatic heterocycles. The number of aryl methyl sites for hydroxylation is 1. The number of aromatic amines is 1. The zero-order chi connectivity index (χ0) is 12.7. The molecule has 0 bridgehead atoms. The van der Waals surface area contributed by atoms with Gasteiger partial charge < -0.3 is 9.84 Å². The molecular weight excluding hydrogens is 224 g/mol. The van der Waals surface area contributed by atoms with E-state index in [0.29, 0.717) is 25.0 Å². The number of nitrogens with zero attached hydrogens (tertiary/aromatic N) is 1. The normalized spacial score (nSPS) is 10.7. The van der Waals surface area contributed by atoms with Gasteiger partial charge in [-0.1, -0.05) is 6.92 Å². The Labute approximate surface area is 98.9 Å². The van der Waals surface area contributed by atoms with Crippen LogP contribution in [0.5, 0.6) is 0 Å². The maximum Gasteiger partial charge on any atom is 0.330 e. The predicted octanol–water partition coefficient (Wildman–Crippen LogP) is -0.154. The van der Waals surface area contributed by atoms with Gasteiger partial charge in [0.1, 0.15) is 6.73 Å². The molecule has 0 saturated heterocycles. The fourth-order valence-electron chi connectivity index (χ4n) is 1.38. The van der Waals surface area contributed by atoms with Gasteiger partial charge in [0.25, 0.3) is 5.56 Å². The van der Waals surface area contributed by atoms with Gasteiger partial charge in [0.05, 0.1) is 0 Å². The lowest BCUT2D eigenvalue weighted by Crippen LogP contribution is -2.32. The van der Waals surface area contributed by atoms with Crippen LogP contribution in [0.25, 0.3) is 0 Å². The van der Waals surface area contributed by atoms with Crippen LogP contribution in [-0.2, 0) is 17.9 Å². The molecule has 0 aromatic carbocycles. The van der Waals surface area contributed by atoms with Crippen molar-refractivity contribution in [3.8, 4) is 0 Å². The second-order valence-electron chi connectivity index (χ2n) is 3.71. The molecule has 1 rings (SSSR count). The average molecular weight is 242 g/mol. The minimum absolute atomic E-state index is 0.119. The number of unbranched alkanes of at least 4 members (excludes halogenated alkanes) is 1. The lowest BCUT2D eigenvalue weighted by molar-refractivity contribution is 0.0681. The van der Waals surface area contributed by atoms with E-state index in [1.807, 2.05) is 6.92 Å². The average Bonchev–Trinajstić information content (AvgIpc) is 2.31. The second-order valence-corrected chi connectivity index (χ2v) is 3.71. The Morgan fingerprint density at radius 2 is 2.18 bits per heavy atom. The van der Waals surface area contributed by atoms with E-state index < -0.39 is 5.69 Å². The molecule has 0 fully saturated rings. The zero-order valence-electron chi connectivity index (χ0n) is 9.94. The van der Waals surface area contributed by atoms with Crippen LogP contribution in [0.4, 0.5) is 0 Å². The molecule has 0 amide bonds. The molecule has 0 radical (unpaired) electrons. The summed E-state index contributed by atoms with van der Waals surface area (Å²) in [5.41, 5.74) is -0.244. The summed E-state index contributed by atoms with van der Waals surface area (Å²) >= 11 is 0. The van der Waals surface area contributed by atoms with Crippen LogP contribution in [0.2, 0.25) is 0 Å². The van der Waals surface area contributed by atoms with Gasteiger partial charge in [0.2, 0.25) is 0 Å². The van der Waals surface area contributed by atoms with E-state index in [1.54, 1.807) is 0 Å². The van der Waals surface area contributed by atoms with Crippen molar-refractivity contribution in [2.45, 2.75) is 32.9 Å². The standard InChI is InChI=1S/C11H18N2O4/c1-2-9-7-13(11(16)12-10(9)15)8-17-6-4-3-5-14/h7,14H,2-6,8H2,1H3,(H,12,15,16). The number of hydrogen-bond donors (Lipinski definition) is 2. The van der Waals surface area contributed by atoms with E-state index in [-0.39, 0.29) is 18.9 Å². The van der Waals surface area contributed by atoms with Gasteiger partial charge in [-0.15, -0.1) is 0 Å². The quantitative estimate of drug-likeness (QED) is 0.651. The number of ether oxygens (including phenoxy) is 1. The summed E-state index contributed by atoms with van der Waals surface area (Å²) in [5.74, 6) is 0. The van der Waals surface area contributed by atoms with Gasteiger partial charge >= 0.3 is 5.69 Å². The SMILES string of the molecule is CCc1cn(COCCCCO)c(=O)[nH]c1=O. The maximum atomic E-state index is 11.4. The van der Waals surface area contributed by atoms with Gasteiger partial charge in [-0.05, 0) is 19.3 Å². The number of aromatic nitrogens is 2. The van der Waals surface area contributed by atoms with Gasteiger partial charge in [0, 0.05) is 25.0 Å². The molecule has 0 aliphatic carbocycles. The summed E-state index contributed by atoms with van der Waals surface area (Å²) in [7, 11) is 0. The third-order valence-corrected chi connectivity index (χ3v) is 2.39. The highest BCUT2D eigenvalue weighted by Crippen LogP contribution is 1.92. The Kier molecular flexibility index (Phi) is 5.65. The first-order valence-electron chi connectivity index (χ1n) is 5.70. The first kappa shape index (κ1) is 13.7. The highest BCUT2D eigenvalue weighted by molar-refractivity contribution is 5.03. The summed E-state index contributed by atoms with van der Waals surface area (Å²) in [6, 6.07) is 0. The molecule has 1 aromatic heterocycles. The van der Waals surface area contributed by atoms with Gasteiger partial charge in [-0.25, -0.2) is 4.79 Å². The maximum absolute atomic E-state index is 11.4. The molecule has 0 saturated carbocycles. The minimum atomic E-state index is -0.464. The molecule has 0 atom stereocenters. The van der Waals surface area contributed by atoms with Gasteiger partial charge in [-0.2, -0.15) is 0 Å². The molecule has 6 heteroatoms. The molecule has 1 heterocycles. The van der Waals surface area contributed by atoms with Crippen molar-refractivity contribution in [1.29, 1.82) is 0 Å². The van der Waals surface area contributed by atoms with E-state index in [1.165, 1.54) is 10.8 Å². The predicted molar refractivity (Wildman–Crippen MR) is 63.0 cm³/mol. The summed E-state index contributed by atoms with van der Waals surface area (Å²) in [6.45, 7) is 2.59. The van der Waals surface area contributed by atoms with Crippen molar-refractivity contribution in [2.75, 3.05) is 13.2 Å². The van der Waals surface area contributed by atoms with Crippen LogP contribution in [0, 0.1) is 0 Å². The van der Waals surface area contributed by atoms with Crippen molar-refractivity contribution < 1.29 is 9.84 Å². The van der Waals surface area contributed by atoms with E-state index in [9.17, 15) is 9.59 Å². The van der Waals surface area contributed by atoms with E-state index >= 15 is 0 Å². The fraction of sp³-hybridized carbons (Fsp3) is 0.636. The van der Waals surface area contributed by atoms with Crippen molar-refractivity contribution >= 4 is 0 Å². The summed E-state index contributed by atoms with van der Waals surface area (Å²) in [5, 5.41) is 8.58. The fourth-order valence-corrected chi connectivity index (χ4v) is 1.38. The summed E-state index contributed by atoms with van der Waals surface area (Å²) in [6.07, 6.45) is 3.52. The molecule has 96 valence electrons. The van der Waals surface area contributed by atoms with Crippen LogP contribution in [-0.4, -0.2) is 27.9 Å². The lowest BCUT2D eigenvalue weighted by atomic mass is 10.3. The van der Waals surface area contributed by atoms with E-state index in [4.69, 9.17) is 9.84 Å². The van der Waals surface area contributed by atoms with E-state index in [2.05, 4.69) is 4.98 Å². The molecule has 2 N–H and O–H groups in total. The van der Waals surface area contributed by atoms with E-state index in [0.717, 1.165) is 6.42 Å². The number of H-pyrrole nitrogens is 1. The number of aliphatic hydroxyl groups excluding tert-OH is 1. The molecule has 1 aromatic rings. The number of hydrogen-bond acceptors (Lipinski definition) is 4. The third kappa shape index (κ3) is 4.16. The van der Waals surface area contributed by atoms with Crippen LogP contribution in [0.15, 0.2) is 15.8 Å². The van der Waals surface area contributed by atoms with Gasteiger partial charge in [-0.3, -0.25) is 14.3 Å². The molecule has 17 heavy (non-hydrogen) atoms. The second kappa shape index (κ2) is 7.03. The summed E-state index contributed by atoms with van der Waals surface area (Å²) in [4.78, 5) is 25.0. The van der Waals surface area contributed by atoms with Crippen LogP contribution in [0.3, 0.4) is 0 Å². The highest BCUT2D eigenvalue weighted by Gasteiger charge is 2.02. The largest absolute Gasteiger partial charge is 0.396 e. The first-order chi connectivity index (χ1) is 8.19. The number of nitrogens with one attached hydrogen (secondary N) is 1. The monoisotopic (exact) mass is 242 g/mol. The van der Waals surface area contributed by atoms with Crippen molar-refractivity contribution in [2.24, 2.45) is 0 Å². The Hall–Kier alpha value is -1.40. The Bertz CT molecular complexity index is 450. The minimum Gasteiger partial charge on any atom is -0.396 e. The third-order valence-electron chi connectivity index (χ3n) is 2.39. The Morgan fingerprint density at radius 1 is 1.41 bits per heavy atom. The molecule has 6 nitrogen and oxygen atoms in total. The first-order valence-corrected chi connectivity index (χ1v) is 5.70. The van der Waals surface area contributed by atoms with Crippen molar-refractivity contribution in [3.63, 3.8) is 0 Å². The number of rotatable bonds is 7. The van der Waals surface area contributed by atoms with Crippen LogP contribution < -0.4 is 11.2 Å². The Balaban J connectivity index is 2.59. The summed E-state index contributed by atoms with van der Waals surface area (Å²) < 4.78 is 6.60. The molecule has 0 spiro atoms. The molecule has 0 unspecified atom stereocenters. The van der Waals surface area contributed by atoms with Crippen LogP contribution >= 0.6 is 0 Å². The van der Waals surface area contributed by atoms with Crippen LogP contribution in [0.1, 0.15) is 25.3 Å². The van der Waals surface area contributed by atoms with Gasteiger partial charge in [0.15, 0.2) is 0 Å². The zero-order valence-corrected chi connectivity index (χ0v) is 9.94. The molecular formula is C11H18N2O4. The lowest BCUT2D eigenvalue weighted by Gasteiger charge is -2.07. The van der Waals surface area contributed by atoms with Crippen molar-refractivity contribution in [1.82, 2.24) is 9.55 Å². The Morgan fingerprint density at radius 3 is 2.82 bits per heavy atom. The van der Waals surface area contributed by atoms with Crippen molar-refractivity contribution in [3.05, 3.63) is 32.6 Å².